The molecule has 1 aromatic heterocycles. The summed E-state index contributed by atoms with van der Waals surface area (Å²) >= 11 is 6.22. The number of amides is 1. The molecule has 0 radical (unpaired) electrons. The molecule has 32 heavy (non-hydrogen) atoms. The molecule has 1 atom stereocenters. The number of benzene rings is 1. The summed E-state index contributed by atoms with van der Waals surface area (Å²) in [5.41, 5.74) is -0.527. The molecule has 6 nitrogen and oxygen atoms in total. The maximum Gasteiger partial charge on any atom is 0.404 e. The highest BCUT2D eigenvalue weighted by Crippen LogP contribution is 2.36. The summed E-state index contributed by atoms with van der Waals surface area (Å²) in [5, 5.41) is 1.71. The van der Waals surface area contributed by atoms with Crippen LogP contribution in [-0.2, 0) is 16.6 Å². The van der Waals surface area contributed by atoms with Crippen molar-refractivity contribution >= 4 is 39.3 Å². The quantitative estimate of drug-likeness (QED) is 0.587. The van der Waals surface area contributed by atoms with E-state index in [4.69, 9.17) is 11.6 Å². The number of hydrogen-bond acceptors (Lipinski definition) is 3. The molecule has 1 aliphatic heterocycles. The normalized spacial score (nSPS) is 15.2. The highest BCUT2D eigenvalue weighted by Gasteiger charge is 2.41. The van der Waals surface area contributed by atoms with Crippen molar-refractivity contribution in [1.29, 1.82) is 0 Å². The number of nitrogens with zero attached hydrogens (tertiary/aromatic N) is 1. The van der Waals surface area contributed by atoms with Crippen LogP contribution in [0.4, 0.5) is 27.6 Å². The van der Waals surface area contributed by atoms with Gasteiger partial charge in [0.15, 0.2) is 11.6 Å². The van der Waals surface area contributed by atoms with Crippen LogP contribution < -0.4 is 10.0 Å². The Kier molecular flexibility index (Phi) is 6.68. The first-order valence-electron chi connectivity index (χ1n) is 9.27. The van der Waals surface area contributed by atoms with E-state index in [2.05, 4.69) is 5.32 Å². The van der Waals surface area contributed by atoms with Crippen LogP contribution in [0.1, 0.15) is 35.9 Å². The second-order valence-electron chi connectivity index (χ2n) is 7.04. The first-order chi connectivity index (χ1) is 14.8. The minimum Gasteiger partial charge on any atom is -0.335 e. The number of rotatable bonds is 5. The zero-order valence-corrected chi connectivity index (χ0v) is 18.0. The Labute approximate surface area is 185 Å². The Morgan fingerprint density at radius 2 is 1.91 bits per heavy atom. The fourth-order valence-corrected chi connectivity index (χ4v) is 5.23. The van der Waals surface area contributed by atoms with Gasteiger partial charge >= 0.3 is 6.18 Å². The summed E-state index contributed by atoms with van der Waals surface area (Å²) in [6.45, 7) is 0.777. The van der Waals surface area contributed by atoms with Crippen LogP contribution in [0.5, 0.6) is 0 Å². The van der Waals surface area contributed by atoms with Crippen molar-refractivity contribution in [2.75, 3.05) is 5.32 Å². The molecule has 0 aliphatic carbocycles. The van der Waals surface area contributed by atoms with E-state index in [1.807, 2.05) is 0 Å². The Morgan fingerprint density at radius 3 is 2.53 bits per heavy atom. The lowest BCUT2D eigenvalue weighted by atomic mass is 10.2. The van der Waals surface area contributed by atoms with Gasteiger partial charge < -0.3 is 9.88 Å². The molecule has 0 spiro atoms. The molecule has 0 bridgehead atoms. The zero-order chi connectivity index (χ0) is 23.8. The number of carbonyl (C=O) groups is 1. The van der Waals surface area contributed by atoms with Crippen LogP contribution in [0.25, 0.3) is 6.08 Å². The number of allylic oxidation sites excluding steroid dienone is 1. The SMILES string of the molecule is C[C@@H](NS(=O)(=O)c1c(Cl)c(C(=O)Nc2ccc(F)c(F)c2)n2c1C=CCCC2)C(F)(F)F. The summed E-state index contributed by atoms with van der Waals surface area (Å²) in [4.78, 5) is 12.2. The highest BCUT2D eigenvalue weighted by molar-refractivity contribution is 7.89. The number of hydrogen-bond donors (Lipinski definition) is 2. The van der Waals surface area contributed by atoms with Gasteiger partial charge in [0.1, 0.15) is 16.6 Å². The van der Waals surface area contributed by atoms with Crippen LogP contribution in [0.3, 0.4) is 0 Å². The zero-order valence-electron chi connectivity index (χ0n) is 16.4. The number of carbonyl (C=O) groups excluding carboxylic acids is 1. The summed E-state index contributed by atoms with van der Waals surface area (Å²) in [6.07, 6.45) is -0.862. The van der Waals surface area contributed by atoms with Crippen LogP contribution in [-0.4, -0.2) is 31.1 Å². The van der Waals surface area contributed by atoms with Crippen molar-refractivity contribution in [2.24, 2.45) is 0 Å². The van der Waals surface area contributed by atoms with Gasteiger partial charge in [-0.25, -0.2) is 17.2 Å². The van der Waals surface area contributed by atoms with E-state index in [0.29, 0.717) is 19.8 Å². The fraction of sp³-hybridized carbons (Fsp3) is 0.316. The number of fused-ring (bicyclic) bond motifs is 1. The van der Waals surface area contributed by atoms with E-state index in [1.54, 1.807) is 6.08 Å². The van der Waals surface area contributed by atoms with Crippen LogP contribution in [0.2, 0.25) is 5.02 Å². The van der Waals surface area contributed by atoms with Gasteiger partial charge in [0.2, 0.25) is 10.0 Å². The second kappa shape index (κ2) is 8.83. The molecule has 0 saturated heterocycles. The molecule has 2 N–H and O–H groups in total. The van der Waals surface area contributed by atoms with E-state index >= 15 is 0 Å². The van der Waals surface area contributed by atoms with Crippen molar-refractivity contribution < 1.29 is 35.2 Å². The lowest BCUT2D eigenvalue weighted by Gasteiger charge is -2.17. The monoisotopic (exact) mass is 497 g/mol. The van der Waals surface area contributed by atoms with E-state index in [-0.39, 0.29) is 23.6 Å². The number of alkyl halides is 3. The predicted octanol–water partition coefficient (Wildman–Crippen LogP) is 4.71. The predicted molar refractivity (Wildman–Crippen MR) is 108 cm³/mol. The Morgan fingerprint density at radius 1 is 1.22 bits per heavy atom. The molecule has 1 aliphatic rings. The van der Waals surface area contributed by atoms with Gasteiger partial charge in [-0.1, -0.05) is 17.7 Å². The van der Waals surface area contributed by atoms with Crippen molar-refractivity contribution in [2.45, 2.75) is 43.4 Å². The topological polar surface area (TPSA) is 80.2 Å². The molecular weight excluding hydrogens is 481 g/mol. The van der Waals surface area contributed by atoms with Crippen molar-refractivity contribution in [3.8, 4) is 0 Å². The van der Waals surface area contributed by atoms with Gasteiger partial charge in [-0.2, -0.15) is 17.9 Å². The lowest BCUT2D eigenvalue weighted by Crippen LogP contribution is -2.43. The Balaban J connectivity index is 2.09. The van der Waals surface area contributed by atoms with Gasteiger partial charge in [0.25, 0.3) is 5.91 Å². The van der Waals surface area contributed by atoms with Gasteiger partial charge in [0, 0.05) is 18.3 Å². The number of anilines is 1. The molecule has 2 aromatic rings. The highest BCUT2D eigenvalue weighted by atomic mass is 35.5. The first-order valence-corrected chi connectivity index (χ1v) is 11.1. The standard InChI is InChI=1S/C19H17ClF5N3O3S/c1-10(19(23,24)25)27-32(30,31)17-14-5-3-2-4-8-28(14)16(15(17)20)18(29)26-11-6-7-12(21)13(22)9-11/h3,5-7,9-10,27H,2,4,8H2,1H3,(H,26,29)/t10-/m1/s1. The number of nitrogens with one attached hydrogen (secondary N) is 2. The van der Waals surface area contributed by atoms with E-state index < -0.39 is 49.7 Å². The second-order valence-corrected chi connectivity index (χ2v) is 9.07. The van der Waals surface area contributed by atoms with Gasteiger partial charge in [-0.15, -0.1) is 0 Å². The third kappa shape index (κ3) is 4.81. The average molecular weight is 498 g/mol. The van der Waals surface area contributed by atoms with Crippen LogP contribution >= 0.6 is 11.6 Å². The summed E-state index contributed by atoms with van der Waals surface area (Å²) in [6, 6.07) is 0.179. The molecule has 0 fully saturated rings. The van der Waals surface area contributed by atoms with E-state index in [1.165, 1.54) is 15.4 Å². The summed E-state index contributed by atoms with van der Waals surface area (Å²) in [5.74, 6) is -3.30. The molecule has 1 amide bonds. The van der Waals surface area contributed by atoms with Gasteiger partial charge in [-0.05, 0) is 38.0 Å². The van der Waals surface area contributed by atoms with Crippen molar-refractivity contribution in [1.82, 2.24) is 9.29 Å². The first kappa shape index (κ1) is 24.2. The summed E-state index contributed by atoms with van der Waals surface area (Å²) in [7, 11) is -4.79. The minimum absolute atomic E-state index is 0.0650. The molecule has 3 rings (SSSR count). The minimum atomic E-state index is -4.85. The summed E-state index contributed by atoms with van der Waals surface area (Å²) < 4.78 is 93.8. The third-order valence-corrected chi connectivity index (χ3v) is 6.81. The Hall–Kier alpha value is -2.44. The molecule has 0 saturated carbocycles. The van der Waals surface area contributed by atoms with E-state index in [0.717, 1.165) is 18.2 Å². The van der Waals surface area contributed by atoms with Crippen LogP contribution in [0.15, 0.2) is 29.2 Å². The molecule has 0 unspecified atom stereocenters. The largest absolute Gasteiger partial charge is 0.404 e. The fourth-order valence-electron chi connectivity index (χ4n) is 3.14. The van der Waals surface area contributed by atoms with Gasteiger partial charge in [-0.3, -0.25) is 4.79 Å². The van der Waals surface area contributed by atoms with Crippen LogP contribution in [0, 0.1) is 11.6 Å². The van der Waals surface area contributed by atoms with E-state index in [9.17, 15) is 35.2 Å². The maximum atomic E-state index is 13.5. The molecular formula is C19H17ClF5N3O3S. The number of sulfonamides is 1. The van der Waals surface area contributed by atoms with Gasteiger partial charge in [0.05, 0.1) is 10.7 Å². The molecule has 1 aromatic carbocycles. The maximum absolute atomic E-state index is 13.5. The lowest BCUT2D eigenvalue weighted by molar-refractivity contribution is -0.147. The molecule has 174 valence electrons. The number of halogens is 6. The number of aromatic nitrogens is 1. The van der Waals surface area contributed by atoms with Crippen molar-refractivity contribution in [3.05, 3.63) is 52.3 Å². The average Bonchev–Trinajstić information content (AvgIpc) is 2.80. The van der Waals surface area contributed by atoms with Crippen molar-refractivity contribution in [3.63, 3.8) is 0 Å². The Bertz CT molecular complexity index is 1190. The third-order valence-electron chi connectivity index (χ3n) is 4.71. The smallest absolute Gasteiger partial charge is 0.335 e. The molecule has 13 heteroatoms. The molecule has 2 heterocycles.